The minimum Gasteiger partial charge on any atom is -0.444 e. The molecule has 2 rings (SSSR count). The lowest BCUT2D eigenvalue weighted by Crippen LogP contribution is -1.91. The molecule has 0 spiro atoms. The minimum atomic E-state index is 0.0619. The maximum absolute atomic E-state index is 11.1. The number of carbonyl (C=O) groups excluding carboxylic acids is 1. The molecule has 3 heteroatoms. The van der Waals surface area contributed by atoms with Crippen LogP contribution in [0.2, 0.25) is 0 Å². The van der Waals surface area contributed by atoms with Crippen molar-refractivity contribution in [1.82, 2.24) is 4.98 Å². The largest absolute Gasteiger partial charge is 0.444 e. The van der Waals surface area contributed by atoms with Crippen molar-refractivity contribution in [3.63, 3.8) is 0 Å². The van der Waals surface area contributed by atoms with Crippen LogP contribution in [0.15, 0.2) is 34.9 Å². The highest BCUT2D eigenvalue weighted by molar-refractivity contribution is 5.94. The molecule has 0 aliphatic carbocycles. The third kappa shape index (κ3) is 2.44. The Morgan fingerprint density at radius 3 is 2.35 bits per heavy atom. The number of rotatable bonds is 3. The molecule has 1 heterocycles. The Balaban J connectivity index is 2.30. The Kier molecular flexibility index (Phi) is 3.09. The van der Waals surface area contributed by atoms with Gasteiger partial charge >= 0.3 is 0 Å². The van der Waals surface area contributed by atoms with Crippen LogP contribution >= 0.6 is 0 Å². The van der Waals surface area contributed by atoms with E-state index in [9.17, 15) is 4.79 Å². The van der Waals surface area contributed by atoms with Crippen molar-refractivity contribution in [2.45, 2.75) is 26.7 Å². The Bertz CT molecular complexity index is 523. The first-order chi connectivity index (χ1) is 8.08. The Morgan fingerprint density at radius 1 is 1.24 bits per heavy atom. The fourth-order valence-electron chi connectivity index (χ4n) is 1.53. The molecular weight excluding hydrogens is 214 g/mol. The number of oxazole rings is 1. The number of hydrogen-bond donors (Lipinski definition) is 0. The number of benzene rings is 1. The maximum atomic E-state index is 11.1. The van der Waals surface area contributed by atoms with Crippen LogP contribution < -0.4 is 0 Å². The monoisotopic (exact) mass is 229 g/mol. The minimum absolute atomic E-state index is 0.0619. The number of nitrogens with zero attached hydrogens (tertiary/aromatic N) is 1. The van der Waals surface area contributed by atoms with E-state index in [0.29, 0.717) is 17.4 Å². The molecular formula is C14H15NO2. The Hall–Kier alpha value is -1.90. The highest BCUT2D eigenvalue weighted by Crippen LogP contribution is 2.22. The molecule has 2 aromatic rings. The van der Waals surface area contributed by atoms with Gasteiger partial charge in [-0.05, 0) is 25.0 Å². The summed E-state index contributed by atoms with van der Waals surface area (Å²) >= 11 is 0. The summed E-state index contributed by atoms with van der Waals surface area (Å²) in [6.45, 7) is 5.69. The predicted molar refractivity (Wildman–Crippen MR) is 66.0 cm³/mol. The Morgan fingerprint density at radius 2 is 1.88 bits per heavy atom. The van der Waals surface area contributed by atoms with Crippen molar-refractivity contribution in [3.05, 3.63) is 41.8 Å². The van der Waals surface area contributed by atoms with Gasteiger partial charge in [-0.3, -0.25) is 4.79 Å². The second-order valence-electron chi connectivity index (χ2n) is 4.37. The molecule has 0 amide bonds. The van der Waals surface area contributed by atoms with Gasteiger partial charge < -0.3 is 4.42 Å². The van der Waals surface area contributed by atoms with E-state index in [1.54, 1.807) is 25.3 Å². The molecule has 0 atom stereocenters. The molecule has 0 N–H and O–H groups in total. The van der Waals surface area contributed by atoms with Crippen LogP contribution in [0, 0.1) is 0 Å². The zero-order valence-electron chi connectivity index (χ0n) is 10.2. The van der Waals surface area contributed by atoms with Gasteiger partial charge in [0, 0.05) is 11.1 Å². The third-order valence-corrected chi connectivity index (χ3v) is 2.65. The number of Topliss-reactive ketones (excluding diaryl/α,β-unsaturated/α-hetero) is 1. The number of aromatic nitrogens is 1. The van der Waals surface area contributed by atoms with Crippen molar-refractivity contribution in [2.24, 2.45) is 0 Å². The van der Waals surface area contributed by atoms with Gasteiger partial charge in [-0.15, -0.1) is 0 Å². The second-order valence-corrected chi connectivity index (χ2v) is 4.37. The van der Waals surface area contributed by atoms with Gasteiger partial charge in [-0.25, -0.2) is 4.98 Å². The Labute approximate surface area is 100 Å². The number of hydrogen-bond acceptors (Lipinski definition) is 3. The van der Waals surface area contributed by atoms with E-state index in [4.69, 9.17) is 4.42 Å². The van der Waals surface area contributed by atoms with Gasteiger partial charge in [0.05, 0.1) is 5.69 Å². The van der Waals surface area contributed by atoms with Gasteiger partial charge in [0.15, 0.2) is 5.78 Å². The van der Waals surface area contributed by atoms with E-state index in [2.05, 4.69) is 18.8 Å². The fraction of sp³-hybridized carbons (Fsp3) is 0.286. The van der Waals surface area contributed by atoms with Gasteiger partial charge in [-0.1, -0.05) is 26.0 Å². The third-order valence-electron chi connectivity index (χ3n) is 2.65. The van der Waals surface area contributed by atoms with Crippen LogP contribution in [0.5, 0.6) is 0 Å². The lowest BCUT2D eigenvalue weighted by Gasteiger charge is -1.98. The van der Waals surface area contributed by atoms with Crippen molar-refractivity contribution in [3.8, 4) is 11.5 Å². The maximum Gasteiger partial charge on any atom is 0.226 e. The van der Waals surface area contributed by atoms with E-state index in [-0.39, 0.29) is 5.78 Å². The van der Waals surface area contributed by atoms with Gasteiger partial charge in [0.2, 0.25) is 5.89 Å². The summed E-state index contributed by atoms with van der Waals surface area (Å²) < 4.78 is 5.42. The average molecular weight is 229 g/mol. The van der Waals surface area contributed by atoms with Crippen LogP contribution in [0.25, 0.3) is 11.5 Å². The first-order valence-electron chi connectivity index (χ1n) is 5.64. The van der Waals surface area contributed by atoms with Gasteiger partial charge in [0.1, 0.15) is 6.26 Å². The lowest BCUT2D eigenvalue weighted by atomic mass is 10.1. The summed E-state index contributed by atoms with van der Waals surface area (Å²) in [5.41, 5.74) is 2.53. The first kappa shape index (κ1) is 11.6. The summed E-state index contributed by atoms with van der Waals surface area (Å²) in [5.74, 6) is 1.01. The summed E-state index contributed by atoms with van der Waals surface area (Å²) in [7, 11) is 0. The van der Waals surface area contributed by atoms with Crippen molar-refractivity contribution >= 4 is 5.78 Å². The average Bonchev–Trinajstić information content (AvgIpc) is 2.78. The summed E-state index contributed by atoms with van der Waals surface area (Å²) in [4.78, 5) is 15.6. The molecule has 1 aromatic carbocycles. The molecule has 0 saturated heterocycles. The standard InChI is InChI=1S/C14H15NO2/c1-9(2)13-8-17-14(15-13)12-6-4-11(5-7-12)10(3)16/h4-9H,1-3H3. The van der Waals surface area contributed by atoms with Crippen molar-refractivity contribution < 1.29 is 9.21 Å². The van der Waals surface area contributed by atoms with Crippen LogP contribution in [0.1, 0.15) is 42.7 Å². The normalized spacial score (nSPS) is 10.8. The zero-order chi connectivity index (χ0) is 12.4. The van der Waals surface area contributed by atoms with E-state index in [1.807, 2.05) is 12.1 Å². The van der Waals surface area contributed by atoms with Gasteiger partial charge in [0.25, 0.3) is 0 Å². The van der Waals surface area contributed by atoms with Crippen LogP contribution in [-0.4, -0.2) is 10.8 Å². The predicted octanol–water partition coefficient (Wildman–Crippen LogP) is 3.67. The summed E-state index contributed by atoms with van der Waals surface area (Å²) in [6, 6.07) is 7.28. The molecule has 0 aliphatic heterocycles. The fourth-order valence-corrected chi connectivity index (χ4v) is 1.53. The summed E-state index contributed by atoms with van der Waals surface area (Å²) in [6.07, 6.45) is 1.68. The van der Waals surface area contributed by atoms with E-state index >= 15 is 0 Å². The molecule has 0 fully saturated rings. The van der Waals surface area contributed by atoms with Crippen LogP contribution in [-0.2, 0) is 0 Å². The zero-order valence-corrected chi connectivity index (χ0v) is 10.2. The van der Waals surface area contributed by atoms with E-state index < -0.39 is 0 Å². The molecule has 0 unspecified atom stereocenters. The van der Waals surface area contributed by atoms with Crippen molar-refractivity contribution in [2.75, 3.05) is 0 Å². The lowest BCUT2D eigenvalue weighted by molar-refractivity contribution is 0.101. The quantitative estimate of drug-likeness (QED) is 0.754. The SMILES string of the molecule is CC(=O)c1ccc(-c2nc(C(C)C)co2)cc1. The molecule has 1 aromatic heterocycles. The topological polar surface area (TPSA) is 43.1 Å². The smallest absolute Gasteiger partial charge is 0.226 e. The van der Waals surface area contributed by atoms with E-state index in [1.165, 1.54) is 0 Å². The van der Waals surface area contributed by atoms with E-state index in [0.717, 1.165) is 11.3 Å². The molecule has 0 aliphatic rings. The molecule has 0 saturated carbocycles. The van der Waals surface area contributed by atoms with Crippen molar-refractivity contribution in [1.29, 1.82) is 0 Å². The molecule has 0 bridgehead atoms. The first-order valence-corrected chi connectivity index (χ1v) is 5.64. The summed E-state index contributed by atoms with van der Waals surface area (Å²) in [5, 5.41) is 0. The second kappa shape index (κ2) is 4.53. The highest BCUT2D eigenvalue weighted by Gasteiger charge is 2.09. The van der Waals surface area contributed by atoms with Crippen LogP contribution in [0.3, 0.4) is 0 Å². The molecule has 3 nitrogen and oxygen atoms in total. The number of ketones is 1. The van der Waals surface area contributed by atoms with Crippen LogP contribution in [0.4, 0.5) is 0 Å². The van der Waals surface area contributed by atoms with Gasteiger partial charge in [-0.2, -0.15) is 0 Å². The highest BCUT2D eigenvalue weighted by atomic mass is 16.3. The molecule has 0 radical (unpaired) electrons. The molecule has 17 heavy (non-hydrogen) atoms. The number of carbonyl (C=O) groups is 1. The molecule has 88 valence electrons.